The highest BCUT2D eigenvalue weighted by molar-refractivity contribution is 7.87. The summed E-state index contributed by atoms with van der Waals surface area (Å²) in [5.74, 6) is -92.3. The molecule has 10 unspecified atom stereocenters. The van der Waals surface area contributed by atoms with E-state index in [0.717, 1.165) is 6.92 Å². The second kappa shape index (κ2) is 28.8. The lowest BCUT2D eigenvalue weighted by molar-refractivity contribution is -0.508. The van der Waals surface area contributed by atoms with Gasteiger partial charge in [0.05, 0.1) is 0 Å². The van der Waals surface area contributed by atoms with Crippen molar-refractivity contribution in [2.24, 2.45) is 55.2 Å². The van der Waals surface area contributed by atoms with Crippen molar-refractivity contribution in [3.05, 3.63) is 0 Å². The van der Waals surface area contributed by atoms with Gasteiger partial charge in [0.1, 0.15) is 0 Å². The van der Waals surface area contributed by atoms with E-state index in [9.17, 15) is 25.6 Å². The van der Waals surface area contributed by atoms with Gasteiger partial charge in [-0.2, -0.15) is 140 Å². The molecule has 0 fully saturated rings. The second-order valence-electron chi connectivity index (χ2n) is 26.3. The molecule has 98 heavy (non-hydrogen) atoms. The lowest BCUT2D eigenvalue weighted by atomic mass is 9.45. The Balaban J connectivity index is -0.0000221. The van der Waals surface area contributed by atoms with Crippen LogP contribution in [0, 0.1) is 55.2 Å². The van der Waals surface area contributed by atoms with Gasteiger partial charge in [-0.1, -0.05) is 166 Å². The zero-order valence-corrected chi connectivity index (χ0v) is 59.9. The number of hydrogen-bond acceptors (Lipinski definition) is 6. The SMILES string of the molecule is CC.CC.CCC(C)(C)C(F)(F)C(F)(F)C(C)(CC)C(C)(CC)C(F)(OC(F)(F)C(F)(F)S(=O)(=O)O)C(F)(F)C(C)(CC)C(C)(CC)C(F)(F)C(F)(F)C(C)(CC)C(C)(CC)C(F)(OC(F)(F)C(F)(F)C(F)(F)C(F)(F)S(=O)(=O)O)C(F)(F)C(C)(CC)C(C)C(F)(F)C(F)(F)C(C)C. The fourth-order valence-electron chi connectivity index (χ4n) is 12.3. The van der Waals surface area contributed by atoms with Crippen molar-refractivity contribution >= 4 is 20.2 Å². The van der Waals surface area contributed by atoms with Gasteiger partial charge >= 0.3 is 102 Å². The first-order valence-electron chi connectivity index (χ1n) is 30.5. The first kappa shape index (κ1) is 99.8. The van der Waals surface area contributed by atoms with E-state index in [0.29, 0.717) is 13.8 Å². The van der Waals surface area contributed by atoms with E-state index < -0.39 is 269 Å². The highest BCUT2D eigenvalue weighted by atomic mass is 32.2. The summed E-state index contributed by atoms with van der Waals surface area (Å²) >= 11 is 0. The molecule has 0 saturated heterocycles. The zero-order chi connectivity index (χ0) is 81.2. The largest absolute Gasteiger partial charge is 0.460 e. The summed E-state index contributed by atoms with van der Waals surface area (Å²) in [6, 6.07) is 0. The van der Waals surface area contributed by atoms with Gasteiger partial charge in [0.15, 0.2) is 0 Å². The number of hydrogen-bond donors (Lipinski definition) is 2. The minimum atomic E-state index is -8.77. The molecular weight excluding hydrogens is 1460 g/mol. The quantitative estimate of drug-likeness (QED) is 0.0465. The third-order valence-corrected chi connectivity index (χ3v) is 24.0. The van der Waals surface area contributed by atoms with Crippen molar-refractivity contribution in [1.82, 2.24) is 0 Å². The number of rotatable bonds is 37. The van der Waals surface area contributed by atoms with Crippen molar-refractivity contribution in [2.45, 2.75) is 311 Å². The van der Waals surface area contributed by atoms with E-state index in [2.05, 4.69) is 9.47 Å². The van der Waals surface area contributed by atoms with Crippen molar-refractivity contribution in [1.29, 1.82) is 0 Å². The summed E-state index contributed by atoms with van der Waals surface area (Å²) in [6.45, 7) is 5.32. The Morgan fingerprint density at radius 1 is 0.296 bits per heavy atom. The minimum absolute atomic E-state index is 0.0118. The molecule has 0 heterocycles. The minimum Gasteiger partial charge on any atom is -0.281 e. The Kier molecular flexibility index (Phi) is 29.4. The summed E-state index contributed by atoms with van der Waals surface area (Å²) in [4.78, 5) is 0. The van der Waals surface area contributed by atoms with Crippen LogP contribution in [0.15, 0.2) is 0 Å². The molecule has 8 nitrogen and oxygen atoms in total. The molecule has 0 saturated carbocycles. The van der Waals surface area contributed by atoms with Crippen LogP contribution in [0.25, 0.3) is 0 Å². The molecule has 0 rings (SSSR count). The molecular formula is C58H92F30O8S2. The Morgan fingerprint density at radius 3 is 0.786 bits per heavy atom. The lowest BCUT2D eigenvalue weighted by Crippen LogP contribution is -2.79. The zero-order valence-electron chi connectivity index (χ0n) is 58.3. The molecule has 0 amide bonds. The molecule has 0 aliphatic rings. The first-order chi connectivity index (χ1) is 42.5. The molecule has 10 atom stereocenters. The van der Waals surface area contributed by atoms with Gasteiger partial charge < -0.3 is 0 Å². The van der Waals surface area contributed by atoms with Gasteiger partial charge in [-0.3, -0.25) is 18.6 Å². The van der Waals surface area contributed by atoms with Crippen LogP contribution in [0.2, 0.25) is 0 Å². The van der Waals surface area contributed by atoms with E-state index in [1.54, 1.807) is 0 Å². The highest BCUT2D eigenvalue weighted by Gasteiger charge is 2.93. The molecule has 0 aromatic heterocycles. The van der Waals surface area contributed by atoms with Crippen molar-refractivity contribution in [2.75, 3.05) is 0 Å². The maximum Gasteiger partial charge on any atom is 0.460 e. The van der Waals surface area contributed by atoms with E-state index in [1.165, 1.54) is 0 Å². The van der Waals surface area contributed by atoms with Crippen LogP contribution in [0.1, 0.15) is 218 Å². The molecule has 0 aromatic carbocycles. The average molecular weight is 1550 g/mol. The predicted molar refractivity (Wildman–Crippen MR) is 302 cm³/mol. The number of alkyl halides is 30. The van der Waals surface area contributed by atoms with E-state index in [4.69, 9.17) is 9.11 Å². The third-order valence-electron chi connectivity index (χ3n) is 22.2. The Labute approximate surface area is 552 Å². The average Bonchev–Trinajstić information content (AvgIpc) is 0.669. The Hall–Kier alpha value is -2.36. The monoisotopic (exact) mass is 1550 g/mol. The van der Waals surface area contributed by atoms with Crippen LogP contribution in [0.5, 0.6) is 0 Å². The third kappa shape index (κ3) is 12.9. The van der Waals surface area contributed by atoms with Crippen molar-refractivity contribution in [3.8, 4) is 0 Å². The number of ether oxygens (including phenoxy) is 2. The second-order valence-corrected chi connectivity index (χ2v) is 29.2. The van der Waals surface area contributed by atoms with Crippen LogP contribution < -0.4 is 0 Å². The van der Waals surface area contributed by atoms with Crippen LogP contribution in [-0.2, 0) is 29.7 Å². The Morgan fingerprint density at radius 2 is 0.541 bits per heavy atom. The van der Waals surface area contributed by atoms with Crippen LogP contribution >= 0.6 is 0 Å². The summed E-state index contributed by atoms with van der Waals surface area (Å²) < 4.78 is 574. The number of halogens is 30. The molecule has 0 aliphatic carbocycles. The van der Waals surface area contributed by atoms with Crippen LogP contribution in [-0.4, -0.2) is 120 Å². The molecule has 594 valence electrons. The Bertz CT molecular complexity index is 2900. The summed E-state index contributed by atoms with van der Waals surface area (Å²) in [7, 11) is -16.2. The fraction of sp³-hybridized carbons (Fsp3) is 1.00. The highest BCUT2D eigenvalue weighted by Crippen LogP contribution is 2.78. The van der Waals surface area contributed by atoms with E-state index in [1.807, 2.05) is 27.7 Å². The van der Waals surface area contributed by atoms with Crippen molar-refractivity contribution in [3.63, 3.8) is 0 Å². The molecule has 40 heteroatoms. The molecule has 0 bridgehead atoms. The summed E-state index contributed by atoms with van der Waals surface area (Å²) in [5.41, 5.74) is -39.5. The molecule has 0 radical (unpaired) electrons. The molecule has 0 aromatic rings. The molecule has 0 aliphatic heterocycles. The van der Waals surface area contributed by atoms with Crippen molar-refractivity contribution < 1.29 is 167 Å². The van der Waals surface area contributed by atoms with Gasteiger partial charge in [-0.15, -0.1) is 0 Å². The van der Waals surface area contributed by atoms with Gasteiger partial charge in [0, 0.05) is 55.2 Å². The molecule has 0 spiro atoms. The summed E-state index contributed by atoms with van der Waals surface area (Å²) in [6.07, 6.45) is -34.0. The lowest BCUT2D eigenvalue weighted by Gasteiger charge is -2.65. The van der Waals surface area contributed by atoms with E-state index >= 15 is 123 Å². The normalized spacial score (nSPS) is 21.0. The fourth-order valence-corrected chi connectivity index (χ4v) is 13.1. The predicted octanol–water partition coefficient (Wildman–Crippen LogP) is 23.5. The van der Waals surface area contributed by atoms with Crippen LogP contribution in [0.4, 0.5) is 132 Å². The topological polar surface area (TPSA) is 127 Å². The van der Waals surface area contributed by atoms with E-state index in [-0.39, 0.29) is 69.2 Å². The smallest absolute Gasteiger partial charge is 0.281 e. The summed E-state index contributed by atoms with van der Waals surface area (Å²) in [5, 5.41) is -15.6. The van der Waals surface area contributed by atoms with Gasteiger partial charge in [-0.05, 0) is 51.4 Å². The maximum absolute atomic E-state index is 19.2. The van der Waals surface area contributed by atoms with Gasteiger partial charge in [-0.25, -0.2) is 8.78 Å². The maximum atomic E-state index is 19.2. The first-order valence-corrected chi connectivity index (χ1v) is 33.4. The standard InChI is InChI=1S/C54H80F30O8S2.2C2H6/c1-21-31(12,13)41(59,60)43(63,64)35(17,25-5)38(20,28-8)50(76,92-52(79,80)54(83,84)94(88,89)90)46(69,70)34(16,24-4)33(15,23-3)44(65,66)45(67,68)36(18,26-6)37(19,27-7)49(75,91-51(77,78)47(71,72)48(73,74)53(81,82)93(85,86)87)42(61,62)32(14,22-2)30(11)40(57,58)39(55,56)29(9)10;2*1-2/h29-30H,21-28H2,1-20H3,(H,85,86,87)(H,88,89,90);2*1-2H3. The van der Waals surface area contributed by atoms with Gasteiger partial charge in [0.25, 0.3) is 11.7 Å². The van der Waals surface area contributed by atoms with Crippen LogP contribution in [0.3, 0.4) is 0 Å². The van der Waals surface area contributed by atoms with Gasteiger partial charge in [0.2, 0.25) is 0 Å². The molecule has 2 N–H and O–H groups in total.